The fraction of sp³-hybridized carbons (Fsp3) is 0.200. The number of hydrogen-bond donors (Lipinski definition) is 1. The van der Waals surface area contributed by atoms with E-state index in [0.717, 1.165) is 6.08 Å². The number of amides is 1. The van der Waals surface area contributed by atoms with Crippen molar-refractivity contribution in [2.24, 2.45) is 0 Å². The van der Waals surface area contributed by atoms with E-state index in [4.69, 9.17) is 9.15 Å². The van der Waals surface area contributed by atoms with Crippen LogP contribution in [0.4, 0.5) is 10.8 Å². The van der Waals surface area contributed by atoms with E-state index < -0.39 is 31.1 Å². The van der Waals surface area contributed by atoms with Gasteiger partial charge in [-0.25, -0.2) is 8.42 Å². The molecule has 0 radical (unpaired) electrons. The van der Waals surface area contributed by atoms with Crippen LogP contribution in [0.15, 0.2) is 45.5 Å². The van der Waals surface area contributed by atoms with Gasteiger partial charge in [0.2, 0.25) is 15.0 Å². The Morgan fingerprint density at radius 1 is 1.35 bits per heavy atom. The van der Waals surface area contributed by atoms with Crippen molar-refractivity contribution in [2.75, 3.05) is 12.4 Å². The molecule has 12 nitrogen and oxygen atoms in total. The average Bonchev–Trinajstić information content (AvgIpc) is 3.46. The molecule has 0 saturated carbocycles. The largest absolute Gasteiger partial charge is 0.497 e. The Bertz CT molecular complexity index is 1430. The number of ether oxygens (including phenoxy) is 1. The number of sulfone groups is 1. The van der Waals surface area contributed by atoms with Gasteiger partial charge in [0.25, 0.3) is 16.8 Å². The van der Waals surface area contributed by atoms with Gasteiger partial charge in [-0.2, -0.15) is 14.6 Å². The number of furan rings is 1. The van der Waals surface area contributed by atoms with Gasteiger partial charge in [-0.15, -0.1) is 0 Å². The van der Waals surface area contributed by atoms with Crippen molar-refractivity contribution < 1.29 is 27.3 Å². The van der Waals surface area contributed by atoms with Gasteiger partial charge in [0.05, 0.1) is 28.9 Å². The summed E-state index contributed by atoms with van der Waals surface area (Å²) in [6.07, 6.45) is 1.14. The summed E-state index contributed by atoms with van der Waals surface area (Å²) in [6, 6.07) is 8.86. The van der Waals surface area contributed by atoms with Crippen molar-refractivity contribution in [1.29, 1.82) is 5.26 Å². The minimum atomic E-state index is -3.72. The number of anilines is 1. The molecule has 3 aromatic rings. The van der Waals surface area contributed by atoms with E-state index >= 15 is 0 Å². The highest BCUT2D eigenvalue weighted by molar-refractivity contribution is 7.91. The standard InChI is InChI=1S/C20H17N5O7S2/c1-11(2)34(29,30)20-23-19(33-24-20)22-18(26)12(10-21)8-14-5-7-17(32-14)15-6-4-13(31-3)9-16(15)25(27)28/h4-9,11H,1-3H3,(H,22,23,24,26)/b12-8-. The third-order valence-corrected chi connectivity index (χ3v) is 7.13. The minimum Gasteiger partial charge on any atom is -0.497 e. The highest BCUT2D eigenvalue weighted by atomic mass is 32.2. The lowest BCUT2D eigenvalue weighted by atomic mass is 10.1. The van der Waals surface area contributed by atoms with Crippen LogP contribution in [0.5, 0.6) is 5.75 Å². The van der Waals surface area contributed by atoms with Crippen molar-refractivity contribution in [3.63, 3.8) is 0 Å². The molecule has 0 unspecified atom stereocenters. The molecule has 3 rings (SSSR count). The molecule has 0 bridgehead atoms. The third-order valence-electron chi connectivity index (χ3n) is 4.45. The number of hydrogen-bond acceptors (Lipinski definition) is 11. The maximum absolute atomic E-state index is 12.5. The van der Waals surface area contributed by atoms with Crippen molar-refractivity contribution in [1.82, 2.24) is 9.36 Å². The summed E-state index contributed by atoms with van der Waals surface area (Å²) in [7, 11) is -2.33. The van der Waals surface area contributed by atoms with Gasteiger partial charge in [-0.3, -0.25) is 20.2 Å². The molecule has 1 N–H and O–H groups in total. The van der Waals surface area contributed by atoms with Gasteiger partial charge in [-0.05, 0) is 38.1 Å². The summed E-state index contributed by atoms with van der Waals surface area (Å²) in [6.45, 7) is 2.95. The molecule has 0 fully saturated rings. The van der Waals surface area contributed by atoms with E-state index in [-0.39, 0.29) is 33.5 Å². The van der Waals surface area contributed by atoms with Crippen LogP contribution in [-0.2, 0) is 14.6 Å². The summed E-state index contributed by atoms with van der Waals surface area (Å²) < 4.78 is 38.6. The number of benzene rings is 1. The lowest BCUT2D eigenvalue weighted by Crippen LogP contribution is -2.16. The van der Waals surface area contributed by atoms with E-state index in [2.05, 4.69) is 14.7 Å². The van der Waals surface area contributed by atoms with E-state index in [1.165, 1.54) is 51.3 Å². The van der Waals surface area contributed by atoms with Crippen molar-refractivity contribution in [2.45, 2.75) is 24.3 Å². The Morgan fingerprint density at radius 3 is 2.71 bits per heavy atom. The van der Waals surface area contributed by atoms with Crippen molar-refractivity contribution in [3.05, 3.63) is 51.8 Å². The van der Waals surface area contributed by atoms with E-state index in [0.29, 0.717) is 17.3 Å². The minimum absolute atomic E-state index is 0.0900. The van der Waals surface area contributed by atoms with Crippen LogP contribution in [0, 0.1) is 21.4 Å². The molecule has 14 heteroatoms. The Labute approximate surface area is 197 Å². The van der Waals surface area contributed by atoms with Crippen LogP contribution in [0.1, 0.15) is 19.6 Å². The second-order valence-electron chi connectivity index (χ2n) is 6.94. The molecule has 0 aliphatic rings. The molecule has 0 saturated heterocycles. The first-order valence-electron chi connectivity index (χ1n) is 9.50. The van der Waals surface area contributed by atoms with Gasteiger partial charge in [0.15, 0.2) is 0 Å². The molecule has 0 aliphatic carbocycles. The van der Waals surface area contributed by atoms with Gasteiger partial charge < -0.3 is 9.15 Å². The fourth-order valence-corrected chi connectivity index (χ4v) is 4.31. The molecule has 34 heavy (non-hydrogen) atoms. The predicted octanol–water partition coefficient (Wildman–Crippen LogP) is 3.44. The highest BCUT2D eigenvalue weighted by Gasteiger charge is 2.25. The van der Waals surface area contributed by atoms with Crippen LogP contribution < -0.4 is 10.1 Å². The Hall–Kier alpha value is -4.09. The van der Waals surface area contributed by atoms with Crippen LogP contribution in [-0.4, -0.2) is 41.0 Å². The topological polar surface area (TPSA) is 178 Å². The predicted molar refractivity (Wildman–Crippen MR) is 122 cm³/mol. The summed E-state index contributed by atoms with van der Waals surface area (Å²) in [5, 5.41) is 21.9. The van der Waals surface area contributed by atoms with Gasteiger partial charge in [0, 0.05) is 17.6 Å². The number of methoxy groups -OCH3 is 1. The first kappa shape index (κ1) is 24.6. The molecule has 0 atom stereocenters. The SMILES string of the molecule is COc1ccc(-c2ccc(/C=C(/C#N)C(=O)Nc3nc(S(=O)(=O)C(C)C)ns3)o2)c([N+](=O)[O-])c1. The Morgan fingerprint density at radius 2 is 2.09 bits per heavy atom. The van der Waals surface area contributed by atoms with Gasteiger partial charge in [0.1, 0.15) is 28.9 Å². The number of carbonyl (C=O) groups is 1. The molecular weight excluding hydrogens is 486 g/mol. The number of nitro benzene ring substituents is 1. The summed E-state index contributed by atoms with van der Waals surface area (Å²) in [5.41, 5.74) is -0.430. The van der Waals surface area contributed by atoms with Crippen LogP contribution in [0.3, 0.4) is 0 Å². The molecule has 0 spiro atoms. The molecule has 2 heterocycles. The second-order valence-corrected chi connectivity index (χ2v) is 10.1. The molecule has 0 aliphatic heterocycles. The number of nitriles is 1. The Kier molecular flexibility index (Phi) is 7.08. The molecule has 2 aromatic heterocycles. The third kappa shape index (κ3) is 5.11. The number of nitrogens with one attached hydrogen (secondary N) is 1. The first-order chi connectivity index (χ1) is 16.1. The van der Waals surface area contributed by atoms with E-state index in [1.807, 2.05) is 0 Å². The molecule has 1 aromatic carbocycles. The maximum atomic E-state index is 12.5. The van der Waals surface area contributed by atoms with Crippen LogP contribution in [0.25, 0.3) is 17.4 Å². The normalized spacial score (nSPS) is 11.8. The average molecular weight is 504 g/mol. The lowest BCUT2D eigenvalue weighted by Gasteiger charge is -2.03. The van der Waals surface area contributed by atoms with Gasteiger partial charge >= 0.3 is 0 Å². The fourth-order valence-electron chi connectivity index (χ4n) is 2.62. The van der Waals surface area contributed by atoms with Crippen LogP contribution in [0.2, 0.25) is 0 Å². The van der Waals surface area contributed by atoms with E-state index in [1.54, 1.807) is 6.07 Å². The first-order valence-corrected chi connectivity index (χ1v) is 11.8. The number of aromatic nitrogens is 2. The van der Waals surface area contributed by atoms with E-state index in [9.17, 15) is 28.6 Å². The monoisotopic (exact) mass is 503 g/mol. The molecule has 1 amide bonds. The summed E-state index contributed by atoms with van der Waals surface area (Å²) in [4.78, 5) is 27.1. The zero-order valence-electron chi connectivity index (χ0n) is 18.0. The van der Waals surface area contributed by atoms with Crippen molar-refractivity contribution >= 4 is 44.2 Å². The number of nitrogens with zero attached hydrogens (tertiary/aromatic N) is 4. The smallest absolute Gasteiger partial charge is 0.284 e. The lowest BCUT2D eigenvalue weighted by molar-refractivity contribution is -0.384. The zero-order chi connectivity index (χ0) is 25.0. The number of rotatable bonds is 8. The van der Waals surface area contributed by atoms with Crippen molar-refractivity contribution in [3.8, 4) is 23.1 Å². The number of nitro groups is 1. The summed E-state index contributed by atoms with van der Waals surface area (Å²) >= 11 is 0.659. The quantitative estimate of drug-likeness (QED) is 0.207. The zero-order valence-corrected chi connectivity index (χ0v) is 19.6. The Balaban J connectivity index is 1.84. The maximum Gasteiger partial charge on any atom is 0.284 e. The van der Waals surface area contributed by atoms with Crippen LogP contribution >= 0.6 is 11.5 Å². The second kappa shape index (κ2) is 9.81. The van der Waals surface area contributed by atoms with Gasteiger partial charge in [-0.1, -0.05) is 0 Å². The molecular formula is C20H17N5O7S2. The summed E-state index contributed by atoms with van der Waals surface area (Å²) in [5.74, 6) is -0.328. The number of carbonyl (C=O) groups excluding carboxylic acids is 1. The highest BCUT2D eigenvalue weighted by Crippen LogP contribution is 2.34. The molecule has 176 valence electrons.